The second kappa shape index (κ2) is 6.84. The van der Waals surface area contributed by atoms with Crippen LogP contribution < -0.4 is 11.1 Å². The molecule has 126 valence electrons. The van der Waals surface area contributed by atoms with Crippen LogP contribution >= 0.6 is 0 Å². The molecule has 1 aromatic carbocycles. The first-order chi connectivity index (χ1) is 11.6. The molecule has 0 spiro atoms. The standard InChI is InChI=1S/C17H20N4O3/c18-16(23)17(7-10-24-11-8-17)12-19-15(22)14-6-9-21(20-14)13-4-2-1-3-5-13/h1-6,9H,7-8,10-12H2,(H2,18,23)(H,19,22). The third-order valence-electron chi connectivity index (χ3n) is 4.40. The maximum Gasteiger partial charge on any atom is 0.271 e. The van der Waals surface area contributed by atoms with E-state index in [-0.39, 0.29) is 12.5 Å². The van der Waals surface area contributed by atoms with Crippen molar-refractivity contribution in [3.8, 4) is 5.69 Å². The number of ether oxygens (including phenoxy) is 1. The fourth-order valence-electron chi connectivity index (χ4n) is 2.78. The number of hydrogen-bond acceptors (Lipinski definition) is 4. The number of nitrogens with one attached hydrogen (secondary N) is 1. The predicted molar refractivity (Wildman–Crippen MR) is 87.6 cm³/mol. The quantitative estimate of drug-likeness (QED) is 0.851. The summed E-state index contributed by atoms with van der Waals surface area (Å²) in [6, 6.07) is 11.2. The summed E-state index contributed by atoms with van der Waals surface area (Å²) in [7, 11) is 0. The Balaban J connectivity index is 1.67. The third kappa shape index (κ3) is 3.30. The Morgan fingerprint density at radius 3 is 2.58 bits per heavy atom. The summed E-state index contributed by atoms with van der Waals surface area (Å²) in [5, 5.41) is 7.06. The van der Waals surface area contributed by atoms with Gasteiger partial charge < -0.3 is 15.8 Å². The minimum Gasteiger partial charge on any atom is -0.381 e. The number of nitrogens with two attached hydrogens (primary N) is 1. The second-order valence-electron chi connectivity index (χ2n) is 5.92. The summed E-state index contributed by atoms with van der Waals surface area (Å²) in [5.74, 6) is -0.724. The molecule has 0 radical (unpaired) electrons. The lowest BCUT2D eigenvalue weighted by atomic mass is 9.79. The first-order valence-corrected chi connectivity index (χ1v) is 7.88. The van der Waals surface area contributed by atoms with Gasteiger partial charge in [-0.1, -0.05) is 18.2 Å². The van der Waals surface area contributed by atoms with Crippen molar-refractivity contribution in [1.29, 1.82) is 0 Å². The number of para-hydroxylation sites is 1. The number of primary amides is 1. The molecule has 0 saturated carbocycles. The van der Waals surface area contributed by atoms with Gasteiger partial charge >= 0.3 is 0 Å². The van der Waals surface area contributed by atoms with E-state index in [4.69, 9.17) is 10.5 Å². The van der Waals surface area contributed by atoms with Crippen LogP contribution in [0.4, 0.5) is 0 Å². The normalized spacial score (nSPS) is 16.5. The maximum absolute atomic E-state index is 12.3. The molecule has 7 heteroatoms. The van der Waals surface area contributed by atoms with E-state index < -0.39 is 11.3 Å². The molecule has 2 heterocycles. The molecule has 1 aliphatic heterocycles. The van der Waals surface area contributed by atoms with Crippen LogP contribution in [0.1, 0.15) is 23.3 Å². The van der Waals surface area contributed by atoms with Gasteiger partial charge in [0.1, 0.15) is 0 Å². The summed E-state index contributed by atoms with van der Waals surface area (Å²) in [5.41, 5.74) is 5.97. The van der Waals surface area contributed by atoms with Gasteiger partial charge in [-0.2, -0.15) is 5.10 Å². The minimum atomic E-state index is -0.740. The van der Waals surface area contributed by atoms with Gasteiger partial charge in [0.15, 0.2) is 5.69 Å². The lowest BCUT2D eigenvalue weighted by Gasteiger charge is -2.34. The van der Waals surface area contributed by atoms with Gasteiger partial charge in [0.2, 0.25) is 5.91 Å². The van der Waals surface area contributed by atoms with Crippen molar-refractivity contribution < 1.29 is 14.3 Å². The summed E-state index contributed by atoms with van der Waals surface area (Å²) in [6.07, 6.45) is 2.75. The molecular formula is C17H20N4O3. The largest absolute Gasteiger partial charge is 0.381 e. The van der Waals surface area contributed by atoms with Crippen LogP contribution in [0.5, 0.6) is 0 Å². The molecule has 2 aromatic rings. The topological polar surface area (TPSA) is 99.2 Å². The number of rotatable bonds is 5. The number of aromatic nitrogens is 2. The first kappa shape index (κ1) is 16.2. The average Bonchev–Trinajstić information content (AvgIpc) is 3.11. The molecule has 2 amide bonds. The van der Waals surface area contributed by atoms with Crippen molar-refractivity contribution in [2.45, 2.75) is 12.8 Å². The Morgan fingerprint density at radius 2 is 1.92 bits per heavy atom. The summed E-state index contributed by atoms with van der Waals surface area (Å²) < 4.78 is 6.91. The number of nitrogens with zero attached hydrogens (tertiary/aromatic N) is 2. The molecular weight excluding hydrogens is 308 g/mol. The summed E-state index contributed by atoms with van der Waals surface area (Å²) >= 11 is 0. The molecule has 1 saturated heterocycles. The summed E-state index contributed by atoms with van der Waals surface area (Å²) in [6.45, 7) is 1.14. The predicted octanol–water partition coefficient (Wildman–Crippen LogP) is 0.884. The van der Waals surface area contributed by atoms with Gasteiger partial charge in [-0.25, -0.2) is 4.68 Å². The zero-order chi connectivity index (χ0) is 17.0. The van der Waals surface area contributed by atoms with Crippen molar-refractivity contribution in [1.82, 2.24) is 15.1 Å². The fourth-order valence-corrected chi connectivity index (χ4v) is 2.78. The van der Waals surface area contributed by atoms with Gasteiger partial charge in [-0.05, 0) is 31.0 Å². The van der Waals surface area contributed by atoms with Gasteiger partial charge in [0.25, 0.3) is 5.91 Å². The van der Waals surface area contributed by atoms with E-state index >= 15 is 0 Å². The SMILES string of the molecule is NC(=O)C1(CNC(=O)c2ccn(-c3ccccc3)n2)CCOCC1. The Hall–Kier alpha value is -2.67. The molecule has 0 bridgehead atoms. The molecule has 0 aliphatic carbocycles. The molecule has 0 unspecified atom stereocenters. The van der Waals surface area contributed by atoms with Crippen LogP contribution in [-0.4, -0.2) is 41.4 Å². The van der Waals surface area contributed by atoms with Gasteiger partial charge in [0.05, 0.1) is 11.1 Å². The molecule has 24 heavy (non-hydrogen) atoms. The highest BCUT2D eigenvalue weighted by atomic mass is 16.5. The fraction of sp³-hybridized carbons (Fsp3) is 0.353. The zero-order valence-corrected chi connectivity index (χ0v) is 13.3. The number of benzene rings is 1. The molecule has 7 nitrogen and oxygen atoms in total. The van der Waals surface area contributed by atoms with E-state index in [1.54, 1.807) is 16.9 Å². The number of amides is 2. The van der Waals surface area contributed by atoms with Crippen LogP contribution in [0.15, 0.2) is 42.6 Å². The van der Waals surface area contributed by atoms with Gasteiger partial charge in [-0.15, -0.1) is 0 Å². The van der Waals surface area contributed by atoms with Crippen molar-refractivity contribution >= 4 is 11.8 Å². The lowest BCUT2D eigenvalue weighted by molar-refractivity contribution is -0.132. The van der Waals surface area contributed by atoms with Crippen molar-refractivity contribution in [3.63, 3.8) is 0 Å². The highest BCUT2D eigenvalue weighted by Crippen LogP contribution is 2.29. The van der Waals surface area contributed by atoms with E-state index in [2.05, 4.69) is 10.4 Å². The monoisotopic (exact) mass is 328 g/mol. The second-order valence-corrected chi connectivity index (χ2v) is 5.92. The smallest absolute Gasteiger partial charge is 0.271 e. The molecule has 3 rings (SSSR count). The Kier molecular flexibility index (Phi) is 4.61. The van der Waals surface area contributed by atoms with Crippen LogP contribution in [0.2, 0.25) is 0 Å². The highest BCUT2D eigenvalue weighted by Gasteiger charge is 2.38. The number of hydrogen-bond donors (Lipinski definition) is 2. The lowest BCUT2D eigenvalue weighted by Crippen LogP contribution is -2.49. The molecule has 3 N–H and O–H groups in total. The van der Waals surface area contributed by atoms with Crippen molar-refractivity contribution in [2.24, 2.45) is 11.1 Å². The van der Waals surface area contributed by atoms with E-state index in [1.165, 1.54) is 0 Å². The Bertz CT molecular complexity index is 720. The molecule has 1 aliphatic rings. The highest BCUT2D eigenvalue weighted by molar-refractivity contribution is 5.92. The van der Waals surface area contributed by atoms with E-state index in [1.807, 2.05) is 30.3 Å². The number of carbonyl (C=O) groups excluding carboxylic acids is 2. The van der Waals surface area contributed by atoms with Crippen molar-refractivity contribution in [3.05, 3.63) is 48.3 Å². The van der Waals surface area contributed by atoms with E-state index in [9.17, 15) is 9.59 Å². The maximum atomic E-state index is 12.3. The Morgan fingerprint density at radius 1 is 1.21 bits per heavy atom. The zero-order valence-electron chi connectivity index (χ0n) is 13.3. The van der Waals surface area contributed by atoms with Gasteiger partial charge in [0, 0.05) is 26.0 Å². The minimum absolute atomic E-state index is 0.197. The Labute approximate surface area is 139 Å². The van der Waals surface area contributed by atoms with Crippen LogP contribution in [0.3, 0.4) is 0 Å². The number of carbonyl (C=O) groups is 2. The van der Waals surface area contributed by atoms with Crippen LogP contribution in [0.25, 0.3) is 5.69 Å². The van der Waals surface area contributed by atoms with E-state index in [0.29, 0.717) is 31.7 Å². The van der Waals surface area contributed by atoms with Crippen LogP contribution in [0, 0.1) is 5.41 Å². The average molecular weight is 328 g/mol. The first-order valence-electron chi connectivity index (χ1n) is 7.88. The molecule has 1 aromatic heterocycles. The summed E-state index contributed by atoms with van der Waals surface area (Å²) in [4.78, 5) is 24.1. The molecule has 1 fully saturated rings. The van der Waals surface area contributed by atoms with Crippen molar-refractivity contribution in [2.75, 3.05) is 19.8 Å². The third-order valence-corrected chi connectivity index (χ3v) is 4.40. The van der Waals surface area contributed by atoms with Crippen LogP contribution in [-0.2, 0) is 9.53 Å². The van der Waals surface area contributed by atoms with E-state index in [0.717, 1.165) is 5.69 Å². The molecule has 0 atom stereocenters. The van der Waals surface area contributed by atoms with Gasteiger partial charge in [-0.3, -0.25) is 9.59 Å².